The number of benzene rings is 2. The lowest BCUT2D eigenvalue weighted by Crippen LogP contribution is -2.61. The second kappa shape index (κ2) is 18.6. The second-order valence-electron chi connectivity index (χ2n) is 12.5. The quantitative estimate of drug-likeness (QED) is 0.342. The van der Waals surface area contributed by atoms with Crippen molar-refractivity contribution in [2.75, 3.05) is 117 Å². The summed E-state index contributed by atoms with van der Waals surface area (Å²) >= 11 is 0. The van der Waals surface area contributed by atoms with Gasteiger partial charge < -0.3 is 47.7 Å². The van der Waals surface area contributed by atoms with Crippen LogP contribution in [-0.4, -0.2) is 134 Å². The van der Waals surface area contributed by atoms with Crippen molar-refractivity contribution in [1.29, 1.82) is 0 Å². The van der Waals surface area contributed by atoms with E-state index < -0.39 is 16.1 Å². The van der Waals surface area contributed by atoms with Crippen LogP contribution in [0.5, 0.6) is 5.75 Å². The summed E-state index contributed by atoms with van der Waals surface area (Å²) in [5, 5.41) is 11.4. The third kappa shape index (κ3) is 9.37. The van der Waals surface area contributed by atoms with E-state index in [9.17, 15) is 14.9 Å². The highest BCUT2D eigenvalue weighted by Crippen LogP contribution is 2.55. The van der Waals surface area contributed by atoms with E-state index in [0.717, 1.165) is 11.3 Å². The van der Waals surface area contributed by atoms with Crippen molar-refractivity contribution < 1.29 is 47.6 Å². The van der Waals surface area contributed by atoms with E-state index in [-0.39, 0.29) is 18.1 Å². The van der Waals surface area contributed by atoms with Crippen LogP contribution in [0.25, 0.3) is 6.08 Å². The number of amides is 1. The largest absolute Gasteiger partial charge is 0.463 e. The molecule has 14 heteroatoms. The van der Waals surface area contributed by atoms with Gasteiger partial charge in [-0.05, 0) is 43.7 Å². The molecule has 50 heavy (non-hydrogen) atoms. The zero-order valence-corrected chi connectivity index (χ0v) is 29.0. The number of carbonyl (C=O) groups excluding carboxylic acids is 1. The molecule has 0 saturated carbocycles. The number of para-hydroxylation sites is 1. The van der Waals surface area contributed by atoms with Gasteiger partial charge >= 0.3 is 0 Å². The van der Waals surface area contributed by atoms with Crippen LogP contribution in [0.1, 0.15) is 25.0 Å². The minimum Gasteiger partial charge on any atom is -0.463 e. The summed E-state index contributed by atoms with van der Waals surface area (Å²) in [6, 6.07) is 12.5. The molecule has 3 aliphatic heterocycles. The topological polar surface area (TPSA) is 141 Å². The summed E-state index contributed by atoms with van der Waals surface area (Å²) < 4.78 is 46.2. The zero-order valence-electron chi connectivity index (χ0n) is 29.0. The number of hydrogen-bond donors (Lipinski definition) is 0. The molecule has 1 spiro atoms. The Hall–Kier alpha value is -3.63. The Morgan fingerprint density at radius 3 is 1.76 bits per heavy atom. The molecule has 14 nitrogen and oxygen atoms in total. The van der Waals surface area contributed by atoms with E-state index in [4.69, 9.17) is 37.9 Å². The van der Waals surface area contributed by atoms with Crippen LogP contribution in [0.2, 0.25) is 0 Å². The predicted octanol–water partition coefficient (Wildman–Crippen LogP) is 3.45. The maximum absolute atomic E-state index is 14.2. The van der Waals surface area contributed by atoms with E-state index in [1.807, 2.05) is 35.3 Å². The highest BCUT2D eigenvalue weighted by Gasteiger charge is 2.59. The highest BCUT2D eigenvalue weighted by molar-refractivity contribution is 5.85. The van der Waals surface area contributed by atoms with E-state index in [0.29, 0.717) is 117 Å². The average molecular weight is 700 g/mol. The molecule has 1 fully saturated rings. The molecule has 1 saturated heterocycles. The predicted molar refractivity (Wildman–Crippen MR) is 185 cm³/mol. The third-order valence-corrected chi connectivity index (χ3v) is 9.01. The molecule has 0 aromatic heterocycles. The highest BCUT2D eigenvalue weighted by atomic mass is 16.6. The van der Waals surface area contributed by atoms with Gasteiger partial charge in [-0.15, -0.1) is 0 Å². The third-order valence-electron chi connectivity index (χ3n) is 9.01. The number of ether oxygens (including phenoxy) is 8. The summed E-state index contributed by atoms with van der Waals surface area (Å²) in [7, 11) is 0. The first-order chi connectivity index (χ1) is 24.3. The number of carbonyl (C=O) groups is 1. The fraction of sp³-hybridized carbons (Fsp3) is 0.583. The summed E-state index contributed by atoms with van der Waals surface area (Å²) in [5.74, 6) is 0.387. The van der Waals surface area contributed by atoms with Gasteiger partial charge in [0.25, 0.3) is 5.69 Å². The van der Waals surface area contributed by atoms with Crippen LogP contribution in [0.3, 0.4) is 0 Å². The van der Waals surface area contributed by atoms with Gasteiger partial charge in [-0.25, -0.2) is 0 Å². The smallest absolute Gasteiger partial charge is 0.270 e. The van der Waals surface area contributed by atoms with Gasteiger partial charge in [-0.1, -0.05) is 18.2 Å². The first kappa shape index (κ1) is 37.6. The minimum atomic E-state index is -1.07. The van der Waals surface area contributed by atoms with Gasteiger partial charge in [-0.2, -0.15) is 0 Å². The van der Waals surface area contributed by atoms with Crippen LogP contribution in [-0.2, 0) is 43.4 Å². The first-order valence-corrected chi connectivity index (χ1v) is 17.2. The summed E-state index contributed by atoms with van der Waals surface area (Å²) in [6.45, 7) is 10.9. The van der Waals surface area contributed by atoms with E-state index in [2.05, 4.69) is 19.9 Å². The van der Waals surface area contributed by atoms with E-state index in [1.54, 1.807) is 11.0 Å². The molecule has 0 N–H and O–H groups in total. The first-order valence-electron chi connectivity index (χ1n) is 17.2. The fourth-order valence-electron chi connectivity index (χ4n) is 6.27. The van der Waals surface area contributed by atoms with Crippen molar-refractivity contribution in [2.45, 2.75) is 25.0 Å². The van der Waals surface area contributed by atoms with Crippen molar-refractivity contribution in [3.8, 4) is 5.75 Å². The Balaban J connectivity index is 1.27. The summed E-state index contributed by atoms with van der Waals surface area (Å²) in [6.07, 6.45) is 3.76. The summed E-state index contributed by atoms with van der Waals surface area (Å²) in [5.41, 5.74) is 0.850. The van der Waals surface area contributed by atoms with Gasteiger partial charge in [0.1, 0.15) is 12.3 Å². The number of rotatable bonds is 3. The molecule has 2 aromatic carbocycles. The van der Waals surface area contributed by atoms with Crippen molar-refractivity contribution >= 4 is 23.4 Å². The zero-order chi connectivity index (χ0) is 35.2. The van der Waals surface area contributed by atoms with Crippen molar-refractivity contribution in [3.63, 3.8) is 0 Å². The summed E-state index contributed by atoms with van der Waals surface area (Å²) in [4.78, 5) is 29.0. The molecule has 0 radical (unpaired) electrons. The number of nitro groups is 1. The van der Waals surface area contributed by atoms with Crippen LogP contribution in [0, 0.1) is 10.1 Å². The second-order valence-corrected chi connectivity index (χ2v) is 12.5. The molecule has 5 rings (SSSR count). The fourth-order valence-corrected chi connectivity index (χ4v) is 6.27. The molecular weight excluding hydrogens is 650 g/mol. The molecule has 0 bridgehead atoms. The van der Waals surface area contributed by atoms with Gasteiger partial charge in [0.15, 0.2) is 0 Å². The number of fused-ring (bicyclic) bond motifs is 2. The van der Waals surface area contributed by atoms with Crippen molar-refractivity contribution in [1.82, 2.24) is 4.90 Å². The Morgan fingerprint density at radius 2 is 1.24 bits per heavy atom. The van der Waals surface area contributed by atoms with Gasteiger partial charge in [0.2, 0.25) is 11.6 Å². The molecule has 1 amide bonds. The molecule has 274 valence electrons. The minimum absolute atomic E-state index is 0.0171. The van der Waals surface area contributed by atoms with Crippen molar-refractivity contribution in [3.05, 3.63) is 69.8 Å². The lowest BCUT2D eigenvalue weighted by molar-refractivity contribution is -0.384. The van der Waals surface area contributed by atoms with Crippen LogP contribution >= 0.6 is 0 Å². The van der Waals surface area contributed by atoms with Crippen LogP contribution < -0.4 is 9.64 Å². The standard InChI is InChI=1S/C36H49N3O11/c1-35(2)31-5-3-4-6-32(31)38(36(35)10-9-29-27-30(39(41)42)7-8-33(29)50-36)28-34(40)37-11-13-43-15-17-45-19-21-47-23-25-49-26-24-48-22-20-46-18-16-44-14-12-37/h3-10,27H,11-26,28H2,1-2H3. The van der Waals surface area contributed by atoms with E-state index >= 15 is 0 Å². The van der Waals surface area contributed by atoms with Crippen molar-refractivity contribution in [2.24, 2.45) is 0 Å². The Bertz CT molecular complexity index is 1410. The SMILES string of the molecule is CC1(C)c2ccccc2N(CC(=O)N2CCOCCOCCOCCOCCOCCOCCOCC2)C12C=Cc1cc([N+](=O)[O-])ccc1O2. The molecule has 1 unspecified atom stereocenters. The van der Waals surface area contributed by atoms with Gasteiger partial charge in [-0.3, -0.25) is 14.9 Å². The molecule has 2 aromatic rings. The molecular formula is C36H49N3O11. The lowest BCUT2D eigenvalue weighted by Gasteiger charge is -2.47. The number of anilines is 1. The lowest BCUT2D eigenvalue weighted by atomic mass is 9.76. The monoisotopic (exact) mass is 699 g/mol. The van der Waals surface area contributed by atoms with Crippen LogP contribution in [0.4, 0.5) is 11.4 Å². The number of non-ortho nitro benzene ring substituents is 1. The van der Waals surface area contributed by atoms with E-state index in [1.165, 1.54) is 12.1 Å². The number of nitro benzene ring substituents is 1. The Kier molecular flexibility index (Phi) is 14.0. The molecule has 3 aliphatic rings. The maximum Gasteiger partial charge on any atom is 0.270 e. The molecule has 0 aliphatic carbocycles. The van der Waals surface area contributed by atoms with Crippen LogP contribution in [0.15, 0.2) is 48.5 Å². The normalized spacial score (nSPS) is 23.3. The average Bonchev–Trinajstić information content (AvgIpc) is 3.28. The van der Waals surface area contributed by atoms with Gasteiger partial charge in [0.05, 0.1) is 103 Å². The molecule has 1 atom stereocenters. The number of hydrogen-bond acceptors (Lipinski definition) is 12. The van der Waals surface area contributed by atoms with Gasteiger partial charge in [0, 0.05) is 36.5 Å². The Morgan fingerprint density at radius 1 is 0.740 bits per heavy atom. The maximum atomic E-state index is 14.2. The molecule has 3 heterocycles. The Labute approximate surface area is 293 Å². The number of nitrogens with zero attached hydrogens (tertiary/aromatic N) is 3.